The summed E-state index contributed by atoms with van der Waals surface area (Å²) < 4.78 is 23.1. The summed E-state index contributed by atoms with van der Waals surface area (Å²) in [7, 11) is -3.40. The molecule has 1 unspecified atom stereocenters. The van der Waals surface area contributed by atoms with Gasteiger partial charge in [0.2, 0.25) is 10.0 Å². The van der Waals surface area contributed by atoms with Crippen LogP contribution in [0.1, 0.15) is 23.4 Å². The Bertz CT molecular complexity index is 677. The summed E-state index contributed by atoms with van der Waals surface area (Å²) in [6.45, 7) is 4.51. The van der Waals surface area contributed by atoms with Crippen molar-refractivity contribution in [2.24, 2.45) is 5.14 Å². The Kier molecular flexibility index (Phi) is 4.25. The van der Waals surface area contributed by atoms with Gasteiger partial charge in [0, 0.05) is 22.2 Å². The van der Waals surface area contributed by atoms with Crippen LogP contribution in [0.15, 0.2) is 24.3 Å². The van der Waals surface area contributed by atoms with Crippen LogP contribution in [0.25, 0.3) is 10.1 Å². The summed E-state index contributed by atoms with van der Waals surface area (Å²) in [5.41, 5.74) is 1.26. The quantitative estimate of drug-likeness (QED) is 0.888. The number of hydrogen-bond acceptors (Lipinski definition) is 4. The largest absolute Gasteiger partial charge is 0.308 e. The van der Waals surface area contributed by atoms with Gasteiger partial charge in [0.25, 0.3) is 0 Å². The standard InChI is InChI=1S/C13H18N2O2S2/c1-9-11-5-3-4-6-12(11)18-13(9)10(2)15-7-8-19(14,16)17/h3-6,10,15H,7-8H2,1-2H3,(H2,14,16,17). The predicted octanol–water partition coefficient (Wildman–Crippen LogP) is 2.15. The van der Waals surface area contributed by atoms with Crippen LogP contribution in [0.5, 0.6) is 0 Å². The molecule has 1 aromatic heterocycles. The molecule has 19 heavy (non-hydrogen) atoms. The van der Waals surface area contributed by atoms with Crippen LogP contribution in [0.3, 0.4) is 0 Å². The van der Waals surface area contributed by atoms with Gasteiger partial charge in [-0.25, -0.2) is 13.6 Å². The number of hydrogen-bond donors (Lipinski definition) is 2. The van der Waals surface area contributed by atoms with Crippen LogP contribution < -0.4 is 10.5 Å². The highest BCUT2D eigenvalue weighted by Gasteiger charge is 2.14. The van der Waals surface area contributed by atoms with Gasteiger partial charge in [0.05, 0.1) is 5.75 Å². The molecule has 0 amide bonds. The van der Waals surface area contributed by atoms with Crippen molar-refractivity contribution in [2.75, 3.05) is 12.3 Å². The van der Waals surface area contributed by atoms with Crippen LogP contribution in [0, 0.1) is 6.92 Å². The van der Waals surface area contributed by atoms with Gasteiger partial charge in [-0.05, 0) is 30.9 Å². The Balaban J connectivity index is 2.13. The molecule has 1 aromatic carbocycles. The van der Waals surface area contributed by atoms with Gasteiger partial charge >= 0.3 is 0 Å². The molecular formula is C13H18N2O2S2. The average Bonchev–Trinajstić information content (AvgIpc) is 2.66. The molecule has 1 atom stereocenters. The molecule has 6 heteroatoms. The lowest BCUT2D eigenvalue weighted by molar-refractivity contribution is 0.576. The number of aryl methyl sites for hydroxylation is 1. The second-order valence-corrected chi connectivity index (χ2v) is 7.45. The molecule has 104 valence electrons. The van der Waals surface area contributed by atoms with Crippen molar-refractivity contribution in [1.82, 2.24) is 5.32 Å². The first-order valence-electron chi connectivity index (χ1n) is 6.10. The molecule has 2 rings (SSSR count). The monoisotopic (exact) mass is 298 g/mol. The van der Waals surface area contributed by atoms with Crippen molar-refractivity contribution < 1.29 is 8.42 Å². The summed E-state index contributed by atoms with van der Waals surface area (Å²) >= 11 is 1.75. The van der Waals surface area contributed by atoms with Gasteiger partial charge in [-0.2, -0.15) is 0 Å². The van der Waals surface area contributed by atoms with Crippen molar-refractivity contribution in [3.05, 3.63) is 34.7 Å². The number of benzene rings is 1. The SMILES string of the molecule is Cc1c(C(C)NCCS(N)(=O)=O)sc2ccccc12. The highest BCUT2D eigenvalue weighted by Crippen LogP contribution is 2.34. The average molecular weight is 298 g/mol. The number of rotatable bonds is 5. The Labute approximate surface area is 117 Å². The first-order valence-corrected chi connectivity index (χ1v) is 8.63. The van der Waals surface area contributed by atoms with Crippen LogP contribution >= 0.6 is 11.3 Å². The predicted molar refractivity (Wildman–Crippen MR) is 81.0 cm³/mol. The summed E-state index contributed by atoms with van der Waals surface area (Å²) in [4.78, 5) is 1.25. The van der Waals surface area contributed by atoms with Gasteiger partial charge in [-0.1, -0.05) is 18.2 Å². The molecule has 1 heterocycles. The zero-order valence-electron chi connectivity index (χ0n) is 11.0. The van der Waals surface area contributed by atoms with Gasteiger partial charge in [-0.15, -0.1) is 11.3 Å². The van der Waals surface area contributed by atoms with Crippen molar-refractivity contribution in [2.45, 2.75) is 19.9 Å². The molecule has 0 aliphatic heterocycles. The highest BCUT2D eigenvalue weighted by atomic mass is 32.2. The second kappa shape index (κ2) is 5.58. The van der Waals surface area contributed by atoms with Crippen LogP contribution in [0.2, 0.25) is 0 Å². The fourth-order valence-corrected chi connectivity index (χ4v) is 3.76. The van der Waals surface area contributed by atoms with Crippen molar-refractivity contribution >= 4 is 31.4 Å². The molecule has 0 spiro atoms. The zero-order chi connectivity index (χ0) is 14.0. The van der Waals surface area contributed by atoms with Crippen LogP contribution in [0.4, 0.5) is 0 Å². The van der Waals surface area contributed by atoms with Gasteiger partial charge < -0.3 is 5.32 Å². The summed E-state index contributed by atoms with van der Waals surface area (Å²) in [6, 6.07) is 8.40. The fourth-order valence-electron chi connectivity index (χ4n) is 2.12. The Hall–Kier alpha value is -0.950. The topological polar surface area (TPSA) is 72.2 Å². The molecular weight excluding hydrogens is 280 g/mol. The molecule has 0 bridgehead atoms. The minimum absolute atomic E-state index is 0.0404. The maximum absolute atomic E-state index is 10.9. The normalized spacial score (nSPS) is 13.8. The number of nitrogens with two attached hydrogens (primary N) is 1. The van der Waals surface area contributed by atoms with Gasteiger partial charge in [-0.3, -0.25) is 0 Å². The van der Waals surface area contributed by atoms with Crippen LogP contribution in [-0.4, -0.2) is 20.7 Å². The number of nitrogens with one attached hydrogen (secondary N) is 1. The van der Waals surface area contributed by atoms with E-state index in [4.69, 9.17) is 5.14 Å². The van der Waals surface area contributed by atoms with E-state index in [0.717, 1.165) is 0 Å². The van der Waals surface area contributed by atoms with Crippen molar-refractivity contribution in [3.8, 4) is 0 Å². The van der Waals surface area contributed by atoms with E-state index in [1.165, 1.54) is 20.5 Å². The molecule has 2 aromatic rings. The van der Waals surface area contributed by atoms with E-state index in [2.05, 4.69) is 24.4 Å². The molecule has 4 nitrogen and oxygen atoms in total. The molecule has 3 N–H and O–H groups in total. The Morgan fingerprint density at radius 1 is 1.37 bits per heavy atom. The number of fused-ring (bicyclic) bond motifs is 1. The minimum atomic E-state index is -3.40. The van der Waals surface area contributed by atoms with E-state index >= 15 is 0 Å². The maximum atomic E-state index is 10.9. The summed E-state index contributed by atoms with van der Waals surface area (Å²) in [5.74, 6) is -0.0404. The third-order valence-corrected chi connectivity index (χ3v) is 5.34. The van der Waals surface area contributed by atoms with Gasteiger partial charge in [0.1, 0.15) is 0 Å². The number of primary sulfonamides is 1. The lowest BCUT2D eigenvalue weighted by Crippen LogP contribution is -2.28. The Morgan fingerprint density at radius 2 is 2.05 bits per heavy atom. The lowest BCUT2D eigenvalue weighted by atomic mass is 10.1. The third-order valence-electron chi connectivity index (χ3n) is 3.11. The smallest absolute Gasteiger partial charge is 0.210 e. The minimum Gasteiger partial charge on any atom is -0.308 e. The first-order chi connectivity index (χ1) is 8.88. The Morgan fingerprint density at radius 3 is 2.68 bits per heavy atom. The van der Waals surface area contributed by atoms with Gasteiger partial charge in [0.15, 0.2) is 0 Å². The third kappa shape index (κ3) is 3.54. The van der Waals surface area contributed by atoms with E-state index in [1.807, 2.05) is 19.1 Å². The lowest BCUT2D eigenvalue weighted by Gasteiger charge is -2.12. The first kappa shape index (κ1) is 14.5. The van der Waals surface area contributed by atoms with Crippen molar-refractivity contribution in [1.29, 1.82) is 0 Å². The van der Waals surface area contributed by atoms with E-state index in [-0.39, 0.29) is 11.8 Å². The van der Waals surface area contributed by atoms with E-state index in [1.54, 1.807) is 11.3 Å². The molecule has 0 saturated heterocycles. The maximum Gasteiger partial charge on any atom is 0.210 e. The summed E-state index contributed by atoms with van der Waals surface area (Å²) in [5, 5.41) is 9.46. The highest BCUT2D eigenvalue weighted by molar-refractivity contribution is 7.89. The van der Waals surface area contributed by atoms with Crippen molar-refractivity contribution in [3.63, 3.8) is 0 Å². The second-order valence-electron chi connectivity index (χ2n) is 4.63. The van der Waals surface area contributed by atoms with E-state index in [9.17, 15) is 8.42 Å². The van der Waals surface area contributed by atoms with E-state index in [0.29, 0.717) is 6.54 Å². The zero-order valence-corrected chi connectivity index (χ0v) is 12.6. The fraction of sp³-hybridized carbons (Fsp3) is 0.385. The van der Waals surface area contributed by atoms with E-state index < -0.39 is 10.0 Å². The molecule has 0 aliphatic rings. The number of sulfonamides is 1. The molecule has 0 radical (unpaired) electrons. The number of thiophene rings is 1. The molecule has 0 aliphatic carbocycles. The molecule has 0 fully saturated rings. The van der Waals surface area contributed by atoms with Crippen LogP contribution in [-0.2, 0) is 10.0 Å². The molecule has 0 saturated carbocycles. The summed E-state index contributed by atoms with van der Waals surface area (Å²) in [6.07, 6.45) is 0.